The molecule has 1 amide bonds. The number of amides is 1. The summed E-state index contributed by atoms with van der Waals surface area (Å²) in [5.41, 5.74) is 1.13. The fraction of sp³-hybridized carbons (Fsp3) is 0.286. The molecule has 0 fully saturated rings. The first kappa shape index (κ1) is 17.4. The first-order chi connectivity index (χ1) is 11.2. The number of rotatable bonds is 5. The van der Waals surface area contributed by atoms with Crippen LogP contribution in [-0.2, 0) is 4.79 Å². The molecule has 128 valence electrons. The number of aryl methyl sites for hydroxylation is 1. The number of aromatic nitrogens is 3. The van der Waals surface area contributed by atoms with Crippen molar-refractivity contribution < 1.29 is 27.9 Å². The number of alkyl halides is 3. The van der Waals surface area contributed by atoms with Crippen molar-refractivity contribution in [2.24, 2.45) is 0 Å². The highest BCUT2D eigenvalue weighted by molar-refractivity contribution is 5.98. The molecule has 7 nitrogen and oxygen atoms in total. The molecular weight excluding hydrogens is 329 g/mol. The maximum Gasteiger partial charge on any atom is 0.391 e. The molecule has 1 atom stereocenters. The van der Waals surface area contributed by atoms with Crippen LogP contribution in [0.15, 0.2) is 30.9 Å². The van der Waals surface area contributed by atoms with Gasteiger partial charge in [-0.15, -0.1) is 0 Å². The van der Waals surface area contributed by atoms with Gasteiger partial charge in [0.2, 0.25) is 0 Å². The third-order valence-corrected chi connectivity index (χ3v) is 3.18. The van der Waals surface area contributed by atoms with E-state index in [9.17, 15) is 22.8 Å². The summed E-state index contributed by atoms with van der Waals surface area (Å²) in [6.45, 7) is 1.58. The number of nitrogens with one attached hydrogen (secondary N) is 1. The van der Waals surface area contributed by atoms with Crippen LogP contribution in [0, 0.1) is 6.92 Å². The lowest BCUT2D eigenvalue weighted by Gasteiger charge is -2.17. The van der Waals surface area contributed by atoms with Crippen molar-refractivity contribution in [3.05, 3.63) is 42.0 Å². The van der Waals surface area contributed by atoms with Crippen LogP contribution in [0.2, 0.25) is 0 Å². The number of aliphatic carboxylic acids is 1. The summed E-state index contributed by atoms with van der Waals surface area (Å²) in [7, 11) is 0. The number of carbonyl (C=O) groups excluding carboxylic acids is 1. The summed E-state index contributed by atoms with van der Waals surface area (Å²) in [4.78, 5) is 26.8. The molecule has 0 saturated heterocycles. The highest BCUT2D eigenvalue weighted by Gasteiger charge is 2.36. The Morgan fingerprint density at radius 1 is 1.38 bits per heavy atom. The number of halogens is 3. The number of carboxylic acid groups (broad SMARTS) is 1. The minimum atomic E-state index is -4.71. The second-order valence-electron chi connectivity index (χ2n) is 5.02. The van der Waals surface area contributed by atoms with Crippen LogP contribution in [-0.4, -0.2) is 44.0 Å². The van der Waals surface area contributed by atoms with Crippen molar-refractivity contribution in [3.63, 3.8) is 0 Å². The summed E-state index contributed by atoms with van der Waals surface area (Å²) >= 11 is 0. The molecule has 0 aliphatic carbocycles. The Bertz CT molecular complexity index is 744. The number of carboxylic acids is 1. The molecule has 2 N–H and O–H groups in total. The van der Waals surface area contributed by atoms with Crippen LogP contribution >= 0.6 is 0 Å². The maximum absolute atomic E-state index is 12.4. The second kappa shape index (κ2) is 6.69. The third kappa shape index (κ3) is 4.31. The lowest BCUT2D eigenvalue weighted by Crippen LogP contribution is -2.43. The van der Waals surface area contributed by atoms with Crippen LogP contribution in [0.25, 0.3) is 5.69 Å². The van der Waals surface area contributed by atoms with E-state index in [0.717, 1.165) is 0 Å². The number of hydrogen-bond donors (Lipinski definition) is 2. The van der Waals surface area contributed by atoms with Crippen molar-refractivity contribution in [1.82, 2.24) is 20.1 Å². The highest BCUT2D eigenvalue weighted by Crippen LogP contribution is 2.22. The predicted octanol–water partition coefficient (Wildman–Crippen LogP) is 1.71. The van der Waals surface area contributed by atoms with E-state index in [1.54, 1.807) is 13.0 Å². The Kier molecular flexibility index (Phi) is 4.86. The van der Waals surface area contributed by atoms with Crippen molar-refractivity contribution >= 4 is 11.9 Å². The Hall–Kier alpha value is -2.91. The van der Waals surface area contributed by atoms with Crippen molar-refractivity contribution in [2.75, 3.05) is 0 Å². The number of nitrogens with zero attached hydrogens (tertiary/aromatic N) is 3. The fourth-order valence-corrected chi connectivity index (χ4v) is 2.05. The topological polar surface area (TPSA) is 97.1 Å². The monoisotopic (exact) mass is 342 g/mol. The van der Waals surface area contributed by atoms with E-state index in [4.69, 9.17) is 5.11 Å². The Labute approximate surface area is 134 Å². The van der Waals surface area contributed by atoms with E-state index in [0.29, 0.717) is 11.3 Å². The van der Waals surface area contributed by atoms with Gasteiger partial charge in [-0.05, 0) is 30.7 Å². The summed E-state index contributed by atoms with van der Waals surface area (Å²) in [6.07, 6.45) is -3.59. The Morgan fingerprint density at radius 2 is 2.08 bits per heavy atom. The van der Waals surface area contributed by atoms with Crippen molar-refractivity contribution in [2.45, 2.75) is 25.6 Å². The van der Waals surface area contributed by atoms with E-state index in [1.807, 2.05) is 5.32 Å². The molecule has 0 aliphatic rings. The van der Waals surface area contributed by atoms with Gasteiger partial charge in [-0.25, -0.2) is 14.5 Å². The van der Waals surface area contributed by atoms with E-state index in [2.05, 4.69) is 10.1 Å². The first-order valence-corrected chi connectivity index (χ1v) is 6.73. The van der Waals surface area contributed by atoms with Crippen molar-refractivity contribution in [1.29, 1.82) is 0 Å². The molecule has 1 unspecified atom stereocenters. The average molecular weight is 342 g/mol. The summed E-state index contributed by atoms with van der Waals surface area (Å²) < 4.78 is 38.6. The summed E-state index contributed by atoms with van der Waals surface area (Å²) in [5.74, 6) is -2.65. The smallest absolute Gasteiger partial charge is 0.391 e. The average Bonchev–Trinajstić information content (AvgIpc) is 2.98. The van der Waals surface area contributed by atoms with Gasteiger partial charge in [0.15, 0.2) is 0 Å². The van der Waals surface area contributed by atoms with Crippen LogP contribution in [0.1, 0.15) is 22.3 Å². The van der Waals surface area contributed by atoms with Gasteiger partial charge in [0.1, 0.15) is 18.7 Å². The van der Waals surface area contributed by atoms with Crippen molar-refractivity contribution in [3.8, 4) is 5.69 Å². The van der Waals surface area contributed by atoms with Gasteiger partial charge in [0, 0.05) is 5.56 Å². The maximum atomic E-state index is 12.4. The normalized spacial score (nSPS) is 12.7. The molecule has 0 radical (unpaired) electrons. The predicted molar refractivity (Wildman–Crippen MR) is 75.7 cm³/mol. The number of carbonyl (C=O) groups is 2. The lowest BCUT2D eigenvalue weighted by molar-refractivity contribution is -0.157. The van der Waals surface area contributed by atoms with Gasteiger partial charge in [0.05, 0.1) is 12.1 Å². The molecule has 0 aliphatic heterocycles. The van der Waals surface area contributed by atoms with Gasteiger partial charge < -0.3 is 10.4 Å². The van der Waals surface area contributed by atoms with Gasteiger partial charge in [-0.2, -0.15) is 18.3 Å². The quantitative estimate of drug-likeness (QED) is 0.862. The lowest BCUT2D eigenvalue weighted by atomic mass is 10.1. The number of hydrogen-bond acceptors (Lipinski definition) is 4. The van der Waals surface area contributed by atoms with Crippen LogP contribution in [0.3, 0.4) is 0 Å². The molecular formula is C14H13F3N4O3. The zero-order valence-electron chi connectivity index (χ0n) is 12.4. The fourth-order valence-electron chi connectivity index (χ4n) is 2.05. The van der Waals surface area contributed by atoms with Crippen LogP contribution in [0.4, 0.5) is 13.2 Å². The Morgan fingerprint density at radius 3 is 2.58 bits per heavy atom. The van der Waals surface area contributed by atoms with Gasteiger partial charge in [-0.1, -0.05) is 0 Å². The molecule has 1 aromatic heterocycles. The zero-order chi connectivity index (χ0) is 17.9. The minimum absolute atomic E-state index is 0.0762. The van der Waals surface area contributed by atoms with E-state index in [1.165, 1.54) is 29.5 Å². The van der Waals surface area contributed by atoms with E-state index in [-0.39, 0.29) is 5.56 Å². The largest absolute Gasteiger partial charge is 0.480 e. The molecule has 2 aromatic rings. The van der Waals surface area contributed by atoms with Gasteiger partial charge >= 0.3 is 12.1 Å². The van der Waals surface area contributed by atoms with Gasteiger partial charge in [-0.3, -0.25) is 4.79 Å². The van der Waals surface area contributed by atoms with E-state index >= 15 is 0 Å². The standard InChI is InChI=1S/C14H13F3N4O3/c1-8-4-9(21-7-18-6-19-21)2-3-10(8)12(22)20-11(13(23)24)5-14(15,16)17/h2-4,6-7,11H,5H2,1H3,(H,20,22)(H,23,24). The molecule has 0 saturated carbocycles. The third-order valence-electron chi connectivity index (χ3n) is 3.18. The molecule has 2 rings (SSSR count). The first-order valence-electron chi connectivity index (χ1n) is 6.73. The summed E-state index contributed by atoms with van der Waals surface area (Å²) in [6, 6.07) is 2.44. The molecule has 0 bridgehead atoms. The minimum Gasteiger partial charge on any atom is -0.480 e. The zero-order valence-corrected chi connectivity index (χ0v) is 12.4. The SMILES string of the molecule is Cc1cc(-n2cncn2)ccc1C(=O)NC(CC(F)(F)F)C(=O)O. The molecule has 10 heteroatoms. The van der Waals surface area contributed by atoms with Crippen LogP contribution < -0.4 is 5.32 Å². The van der Waals surface area contributed by atoms with E-state index < -0.39 is 30.5 Å². The Balaban J connectivity index is 2.18. The van der Waals surface area contributed by atoms with Gasteiger partial charge in [0.25, 0.3) is 5.91 Å². The molecule has 0 spiro atoms. The molecule has 24 heavy (non-hydrogen) atoms. The second-order valence-corrected chi connectivity index (χ2v) is 5.02. The summed E-state index contributed by atoms with van der Waals surface area (Å²) in [5, 5.41) is 14.6. The van der Waals surface area contributed by atoms with Crippen LogP contribution in [0.5, 0.6) is 0 Å². The molecule has 1 heterocycles. The number of benzene rings is 1. The molecule has 1 aromatic carbocycles. The highest BCUT2D eigenvalue weighted by atomic mass is 19.4.